The molecule has 35 heavy (non-hydrogen) atoms. The molecule has 1 aliphatic rings. The first-order valence-electron chi connectivity index (χ1n) is 11.4. The lowest BCUT2D eigenvalue weighted by atomic mass is 9.96. The molecule has 1 amide bonds. The third-order valence-electron chi connectivity index (χ3n) is 5.95. The van der Waals surface area contributed by atoms with E-state index in [1.165, 1.54) is 16.2 Å². The maximum Gasteiger partial charge on any atom is 0.301 e. The smallest absolute Gasteiger partial charge is 0.301 e. The van der Waals surface area contributed by atoms with E-state index in [4.69, 9.17) is 4.74 Å². The van der Waals surface area contributed by atoms with Crippen molar-refractivity contribution in [2.45, 2.75) is 26.3 Å². The molecule has 176 valence electrons. The Morgan fingerprint density at radius 3 is 2.60 bits per heavy atom. The number of rotatable bonds is 6. The van der Waals surface area contributed by atoms with Gasteiger partial charge in [0.05, 0.1) is 28.4 Å². The van der Waals surface area contributed by atoms with Crippen LogP contribution in [0.4, 0.5) is 5.13 Å². The van der Waals surface area contributed by atoms with Crippen LogP contribution in [0.5, 0.6) is 5.75 Å². The van der Waals surface area contributed by atoms with Crippen molar-refractivity contribution in [2.75, 3.05) is 11.5 Å². The molecule has 0 aliphatic carbocycles. The second-order valence-electron chi connectivity index (χ2n) is 8.06. The number of aryl methyl sites for hydroxylation is 1. The van der Waals surface area contributed by atoms with Crippen LogP contribution in [0.3, 0.4) is 0 Å². The van der Waals surface area contributed by atoms with Gasteiger partial charge in [-0.25, -0.2) is 4.98 Å². The van der Waals surface area contributed by atoms with E-state index in [0.29, 0.717) is 34.1 Å². The number of benzene rings is 2. The van der Waals surface area contributed by atoms with Gasteiger partial charge >= 0.3 is 5.91 Å². The van der Waals surface area contributed by atoms with Crippen LogP contribution in [-0.2, 0) is 16.0 Å². The van der Waals surface area contributed by atoms with Crippen LogP contribution in [-0.4, -0.2) is 33.4 Å². The number of aliphatic hydroxyl groups is 1. The highest BCUT2D eigenvalue weighted by atomic mass is 32.1. The second-order valence-corrected chi connectivity index (χ2v) is 9.07. The molecular formula is C27H23N3O4S. The largest absolute Gasteiger partial charge is 0.507 e. The lowest BCUT2D eigenvalue weighted by Crippen LogP contribution is -2.29. The summed E-state index contributed by atoms with van der Waals surface area (Å²) >= 11 is 1.29. The number of carbonyl (C=O) groups excluding carboxylic acids is 2. The summed E-state index contributed by atoms with van der Waals surface area (Å²) in [6, 6.07) is 15.5. The normalized spacial score (nSPS) is 17.3. The van der Waals surface area contributed by atoms with Crippen LogP contribution in [0.2, 0.25) is 0 Å². The van der Waals surface area contributed by atoms with E-state index in [2.05, 4.69) is 9.97 Å². The van der Waals surface area contributed by atoms with Crippen molar-refractivity contribution < 1.29 is 19.4 Å². The van der Waals surface area contributed by atoms with Gasteiger partial charge in [-0.1, -0.05) is 48.6 Å². The molecule has 0 saturated carbocycles. The molecule has 2 aromatic heterocycles. The molecule has 1 saturated heterocycles. The molecule has 1 N–H and O–H groups in total. The molecule has 5 rings (SSSR count). The Hall–Kier alpha value is -4.04. The van der Waals surface area contributed by atoms with E-state index in [1.807, 2.05) is 44.2 Å². The zero-order valence-corrected chi connectivity index (χ0v) is 20.1. The van der Waals surface area contributed by atoms with Gasteiger partial charge in [0.25, 0.3) is 5.78 Å². The Kier molecular flexibility index (Phi) is 6.05. The molecule has 4 aromatic rings. The Balaban J connectivity index is 1.66. The van der Waals surface area contributed by atoms with E-state index in [0.717, 1.165) is 16.7 Å². The summed E-state index contributed by atoms with van der Waals surface area (Å²) in [6.07, 6.45) is 4.06. The Morgan fingerprint density at radius 2 is 1.91 bits per heavy atom. The summed E-state index contributed by atoms with van der Waals surface area (Å²) in [5.74, 6) is -1.02. The number of pyridine rings is 1. The maximum absolute atomic E-state index is 13.3. The Bertz CT molecular complexity index is 1440. The highest BCUT2D eigenvalue weighted by molar-refractivity contribution is 7.22. The van der Waals surface area contributed by atoms with E-state index in [9.17, 15) is 14.7 Å². The minimum Gasteiger partial charge on any atom is -0.507 e. The van der Waals surface area contributed by atoms with Crippen molar-refractivity contribution in [3.05, 3.63) is 89.3 Å². The highest BCUT2D eigenvalue weighted by Gasteiger charge is 2.48. The lowest BCUT2D eigenvalue weighted by molar-refractivity contribution is -0.132. The molecule has 1 aliphatic heterocycles. The van der Waals surface area contributed by atoms with Crippen molar-refractivity contribution in [3.63, 3.8) is 0 Å². The van der Waals surface area contributed by atoms with Crippen LogP contribution in [0.25, 0.3) is 16.0 Å². The summed E-state index contributed by atoms with van der Waals surface area (Å²) in [6.45, 7) is 4.48. The second kappa shape index (κ2) is 9.31. The number of hydrogen-bond acceptors (Lipinski definition) is 7. The fourth-order valence-corrected chi connectivity index (χ4v) is 5.21. The number of ketones is 1. The van der Waals surface area contributed by atoms with Crippen LogP contribution in [0.15, 0.2) is 72.6 Å². The van der Waals surface area contributed by atoms with Crippen molar-refractivity contribution in [2.24, 2.45) is 0 Å². The van der Waals surface area contributed by atoms with Crippen LogP contribution in [0, 0.1) is 0 Å². The van der Waals surface area contributed by atoms with Gasteiger partial charge in [0.1, 0.15) is 11.5 Å². The third kappa shape index (κ3) is 4.06. The zero-order chi connectivity index (χ0) is 24.5. The van der Waals surface area contributed by atoms with E-state index < -0.39 is 17.7 Å². The third-order valence-corrected chi connectivity index (χ3v) is 6.96. The first kappa shape index (κ1) is 22.7. The molecular weight excluding hydrogens is 462 g/mol. The zero-order valence-electron chi connectivity index (χ0n) is 19.3. The van der Waals surface area contributed by atoms with Crippen LogP contribution >= 0.6 is 11.3 Å². The number of thiazole rings is 1. The molecule has 1 unspecified atom stereocenters. The summed E-state index contributed by atoms with van der Waals surface area (Å²) in [5.41, 5.74) is 2.89. The number of amides is 1. The number of aromatic nitrogens is 2. The topological polar surface area (TPSA) is 92.6 Å². The van der Waals surface area contributed by atoms with E-state index in [-0.39, 0.29) is 11.3 Å². The van der Waals surface area contributed by atoms with Gasteiger partial charge in [-0.3, -0.25) is 19.5 Å². The van der Waals surface area contributed by atoms with Gasteiger partial charge in [0, 0.05) is 18.0 Å². The minimum atomic E-state index is -0.860. The average Bonchev–Trinajstić information content (AvgIpc) is 3.42. The predicted octanol–water partition coefficient (Wildman–Crippen LogP) is 5.28. The predicted molar refractivity (Wildman–Crippen MR) is 136 cm³/mol. The van der Waals surface area contributed by atoms with Gasteiger partial charge in [-0.05, 0) is 48.7 Å². The van der Waals surface area contributed by atoms with Crippen molar-refractivity contribution in [1.29, 1.82) is 0 Å². The average molecular weight is 486 g/mol. The molecule has 0 radical (unpaired) electrons. The van der Waals surface area contributed by atoms with Crippen LogP contribution < -0.4 is 9.64 Å². The van der Waals surface area contributed by atoms with Gasteiger partial charge in [-0.2, -0.15) is 0 Å². The van der Waals surface area contributed by atoms with Gasteiger partial charge in [-0.15, -0.1) is 0 Å². The monoisotopic (exact) mass is 485 g/mol. The molecule has 1 fully saturated rings. The van der Waals surface area contributed by atoms with Crippen LogP contribution in [0.1, 0.15) is 36.6 Å². The fourth-order valence-electron chi connectivity index (χ4n) is 4.19. The Morgan fingerprint density at radius 1 is 1.11 bits per heavy atom. The number of aliphatic hydroxyl groups excluding tert-OH is 1. The fraction of sp³-hybridized carbons (Fsp3) is 0.185. The molecule has 2 aromatic carbocycles. The molecule has 0 spiro atoms. The quantitative estimate of drug-likeness (QED) is 0.227. The van der Waals surface area contributed by atoms with Gasteiger partial charge < -0.3 is 9.84 Å². The van der Waals surface area contributed by atoms with Crippen molar-refractivity contribution >= 4 is 44.1 Å². The van der Waals surface area contributed by atoms with Gasteiger partial charge in [0.15, 0.2) is 5.13 Å². The van der Waals surface area contributed by atoms with Gasteiger partial charge in [0.2, 0.25) is 0 Å². The molecule has 3 heterocycles. The molecule has 8 heteroatoms. The maximum atomic E-state index is 13.3. The number of carbonyl (C=O) groups is 2. The summed E-state index contributed by atoms with van der Waals surface area (Å²) in [7, 11) is 0. The van der Waals surface area contributed by atoms with E-state index in [1.54, 1.807) is 36.7 Å². The number of anilines is 1. The molecule has 0 bridgehead atoms. The minimum absolute atomic E-state index is 0.0153. The summed E-state index contributed by atoms with van der Waals surface area (Å²) in [5, 5.41) is 11.6. The SMILES string of the molecule is CCOc1ccc2nc(N3C(=O)C(=O)/C(=C(/O)c4ccc(CC)cc4)C3c3cccnc3)sc2c1. The summed E-state index contributed by atoms with van der Waals surface area (Å²) < 4.78 is 6.41. The number of nitrogens with zero attached hydrogens (tertiary/aromatic N) is 3. The number of hydrogen-bond donors (Lipinski definition) is 1. The number of Topliss-reactive ketones (excluding diaryl/α,β-unsaturated/α-hetero) is 1. The molecule has 1 atom stereocenters. The lowest BCUT2D eigenvalue weighted by Gasteiger charge is -2.22. The van der Waals surface area contributed by atoms with Crippen molar-refractivity contribution in [3.8, 4) is 5.75 Å². The summed E-state index contributed by atoms with van der Waals surface area (Å²) in [4.78, 5) is 36.8. The highest BCUT2D eigenvalue weighted by Crippen LogP contribution is 2.44. The van der Waals surface area contributed by atoms with Crippen molar-refractivity contribution in [1.82, 2.24) is 9.97 Å². The molecule has 7 nitrogen and oxygen atoms in total. The number of fused-ring (bicyclic) bond motifs is 1. The van der Waals surface area contributed by atoms with E-state index >= 15 is 0 Å². The standard InChI is InChI=1S/C27H23N3O4S/c1-3-16-7-9-17(10-8-16)24(31)22-23(18-6-5-13-28-15-18)30(26(33)25(22)32)27-29-20-12-11-19(34-4-2)14-21(20)35-27/h5-15,23,31H,3-4H2,1-2H3/b24-22+. The first-order chi connectivity index (χ1) is 17.0. The Labute approximate surface area is 206 Å². The number of ether oxygens (including phenoxy) is 1. The first-order valence-corrected chi connectivity index (χ1v) is 12.2.